The van der Waals surface area contributed by atoms with Crippen molar-refractivity contribution in [2.24, 2.45) is 5.92 Å². The summed E-state index contributed by atoms with van der Waals surface area (Å²) in [5.41, 5.74) is 4.09. The zero-order valence-corrected chi connectivity index (χ0v) is 12.0. The van der Waals surface area contributed by atoms with Crippen molar-refractivity contribution >= 4 is 0 Å². The van der Waals surface area contributed by atoms with E-state index in [4.69, 9.17) is 14.7 Å². The van der Waals surface area contributed by atoms with Crippen LogP contribution in [0, 0.1) is 5.92 Å². The Morgan fingerprint density at radius 2 is 2.15 bits per heavy atom. The maximum atomic E-state index is 5.49. The Morgan fingerprint density at radius 1 is 1.20 bits per heavy atom. The van der Waals surface area contributed by atoms with Gasteiger partial charge in [0.1, 0.15) is 5.82 Å². The minimum Gasteiger partial charge on any atom is -0.381 e. The number of hydrogen-bond acceptors (Lipinski definition) is 4. The number of hydrogen-bond donors (Lipinski definition) is 1. The average Bonchev–Trinajstić information content (AvgIpc) is 2.90. The van der Waals surface area contributed by atoms with E-state index in [1.54, 1.807) is 0 Å². The van der Waals surface area contributed by atoms with Crippen LogP contribution in [0.3, 0.4) is 0 Å². The van der Waals surface area contributed by atoms with Crippen LogP contribution in [0.25, 0.3) is 0 Å². The topological polar surface area (TPSA) is 47.0 Å². The van der Waals surface area contributed by atoms with Crippen LogP contribution in [-0.4, -0.2) is 29.7 Å². The molecule has 0 spiro atoms. The molecule has 108 valence electrons. The molecular weight excluding hydrogens is 250 g/mol. The molecule has 1 saturated carbocycles. The van der Waals surface area contributed by atoms with Gasteiger partial charge in [-0.25, -0.2) is 9.97 Å². The van der Waals surface area contributed by atoms with E-state index in [2.05, 4.69) is 5.32 Å². The first-order valence-electron chi connectivity index (χ1n) is 8.07. The summed E-state index contributed by atoms with van der Waals surface area (Å²) in [7, 11) is 0. The van der Waals surface area contributed by atoms with Gasteiger partial charge in [0.2, 0.25) is 0 Å². The van der Waals surface area contributed by atoms with Crippen molar-refractivity contribution in [2.45, 2.75) is 51.0 Å². The maximum Gasteiger partial charge on any atom is 0.129 e. The Balaban J connectivity index is 1.64. The largest absolute Gasteiger partial charge is 0.381 e. The number of aromatic nitrogens is 2. The fourth-order valence-corrected chi connectivity index (χ4v) is 3.54. The molecule has 1 N–H and O–H groups in total. The van der Waals surface area contributed by atoms with Crippen molar-refractivity contribution in [1.29, 1.82) is 0 Å². The highest BCUT2D eigenvalue weighted by molar-refractivity contribution is 5.32. The molecule has 0 aromatic carbocycles. The lowest BCUT2D eigenvalue weighted by molar-refractivity contribution is 0.185. The van der Waals surface area contributed by atoms with Crippen molar-refractivity contribution < 1.29 is 4.74 Å². The van der Waals surface area contributed by atoms with E-state index in [1.165, 1.54) is 42.6 Å². The molecule has 1 unspecified atom stereocenters. The molecule has 0 bridgehead atoms. The van der Waals surface area contributed by atoms with E-state index in [0.29, 0.717) is 11.8 Å². The second kappa shape index (κ2) is 5.41. The van der Waals surface area contributed by atoms with Gasteiger partial charge in [-0.05, 0) is 25.2 Å². The second-order valence-electron chi connectivity index (χ2n) is 6.44. The number of nitrogens with zero attached hydrogens (tertiary/aromatic N) is 2. The highest BCUT2D eigenvalue weighted by atomic mass is 16.5. The molecule has 4 rings (SSSR count). The summed E-state index contributed by atoms with van der Waals surface area (Å²) < 4.78 is 5.49. The molecular formula is C16H23N3O. The Labute approximate surface area is 120 Å². The van der Waals surface area contributed by atoms with Crippen LogP contribution >= 0.6 is 0 Å². The predicted octanol–water partition coefficient (Wildman–Crippen LogP) is 1.97. The molecule has 1 saturated heterocycles. The Kier molecular flexibility index (Phi) is 3.44. The fourth-order valence-electron chi connectivity index (χ4n) is 3.54. The van der Waals surface area contributed by atoms with E-state index in [-0.39, 0.29) is 0 Å². The summed E-state index contributed by atoms with van der Waals surface area (Å²) in [4.78, 5) is 9.84. The second-order valence-corrected chi connectivity index (χ2v) is 6.44. The summed E-state index contributed by atoms with van der Waals surface area (Å²) in [6.45, 7) is 3.82. The first-order valence-corrected chi connectivity index (χ1v) is 8.07. The molecule has 1 aromatic rings. The minimum atomic E-state index is 0.629. The van der Waals surface area contributed by atoms with Gasteiger partial charge in [-0.15, -0.1) is 0 Å². The smallest absolute Gasteiger partial charge is 0.129 e. The number of ether oxygens (including phenoxy) is 1. The molecule has 3 aliphatic rings. The lowest BCUT2D eigenvalue weighted by Gasteiger charge is -2.30. The third-order valence-electron chi connectivity index (χ3n) is 5.00. The highest BCUT2D eigenvalue weighted by Gasteiger charge is 2.28. The van der Waals surface area contributed by atoms with Crippen LogP contribution in [0.15, 0.2) is 0 Å². The van der Waals surface area contributed by atoms with Crippen molar-refractivity contribution in [2.75, 3.05) is 19.8 Å². The van der Waals surface area contributed by atoms with Crippen LogP contribution in [0.4, 0.5) is 0 Å². The Hall–Kier alpha value is -1.00. The van der Waals surface area contributed by atoms with E-state index < -0.39 is 0 Å². The first kappa shape index (κ1) is 12.7. The molecule has 1 aromatic heterocycles. The zero-order chi connectivity index (χ0) is 13.4. The van der Waals surface area contributed by atoms with Gasteiger partial charge >= 0.3 is 0 Å². The standard InChI is InChI=1S/C16H23N3O/c1-2-12(3-1)16-13-9-17-6-4-14(13)18-15(19-16)8-11-5-7-20-10-11/h11-12,17H,1-10H2. The predicted molar refractivity (Wildman–Crippen MR) is 76.7 cm³/mol. The third-order valence-corrected chi connectivity index (χ3v) is 5.00. The normalized spacial score (nSPS) is 26.3. The Bertz CT molecular complexity index is 493. The SMILES string of the molecule is C1CC(c2nc(CC3CCOC3)nc3c2CNCC3)C1. The Morgan fingerprint density at radius 3 is 2.90 bits per heavy atom. The van der Waals surface area contributed by atoms with Gasteiger partial charge in [-0.1, -0.05) is 6.42 Å². The zero-order valence-electron chi connectivity index (χ0n) is 12.0. The van der Waals surface area contributed by atoms with E-state index >= 15 is 0 Å². The number of nitrogens with one attached hydrogen (secondary N) is 1. The van der Waals surface area contributed by atoms with Crippen LogP contribution in [0.5, 0.6) is 0 Å². The van der Waals surface area contributed by atoms with Gasteiger partial charge in [0.25, 0.3) is 0 Å². The van der Waals surface area contributed by atoms with Gasteiger partial charge < -0.3 is 10.1 Å². The third kappa shape index (κ3) is 2.35. The van der Waals surface area contributed by atoms with Crippen LogP contribution < -0.4 is 5.32 Å². The van der Waals surface area contributed by atoms with Gasteiger partial charge in [0.15, 0.2) is 0 Å². The van der Waals surface area contributed by atoms with Gasteiger partial charge in [0, 0.05) is 50.6 Å². The fraction of sp³-hybridized carbons (Fsp3) is 0.750. The van der Waals surface area contributed by atoms with Crippen LogP contribution in [-0.2, 0) is 24.1 Å². The van der Waals surface area contributed by atoms with Gasteiger partial charge in [0.05, 0.1) is 11.4 Å². The van der Waals surface area contributed by atoms with Crippen molar-refractivity contribution in [1.82, 2.24) is 15.3 Å². The quantitative estimate of drug-likeness (QED) is 0.914. The molecule has 2 fully saturated rings. The molecule has 2 aliphatic heterocycles. The maximum absolute atomic E-state index is 5.49. The molecule has 3 heterocycles. The first-order chi connectivity index (χ1) is 9.90. The van der Waals surface area contributed by atoms with Crippen molar-refractivity contribution in [3.63, 3.8) is 0 Å². The molecule has 0 radical (unpaired) electrons. The van der Waals surface area contributed by atoms with E-state index in [9.17, 15) is 0 Å². The van der Waals surface area contributed by atoms with Crippen LogP contribution in [0.2, 0.25) is 0 Å². The molecule has 20 heavy (non-hydrogen) atoms. The van der Waals surface area contributed by atoms with E-state index in [1.807, 2.05) is 0 Å². The molecule has 4 nitrogen and oxygen atoms in total. The minimum absolute atomic E-state index is 0.629. The van der Waals surface area contributed by atoms with Gasteiger partial charge in [-0.2, -0.15) is 0 Å². The summed E-state index contributed by atoms with van der Waals surface area (Å²) in [6, 6.07) is 0. The summed E-state index contributed by atoms with van der Waals surface area (Å²) in [5, 5.41) is 3.48. The summed E-state index contributed by atoms with van der Waals surface area (Å²) in [5.74, 6) is 2.40. The highest BCUT2D eigenvalue weighted by Crippen LogP contribution is 2.38. The lowest BCUT2D eigenvalue weighted by Crippen LogP contribution is -2.29. The van der Waals surface area contributed by atoms with Crippen molar-refractivity contribution in [3.8, 4) is 0 Å². The summed E-state index contributed by atoms with van der Waals surface area (Å²) in [6.07, 6.45) is 7.22. The molecule has 4 heteroatoms. The van der Waals surface area contributed by atoms with E-state index in [0.717, 1.165) is 45.0 Å². The molecule has 0 amide bonds. The molecule has 1 atom stereocenters. The number of fused-ring (bicyclic) bond motifs is 1. The summed E-state index contributed by atoms with van der Waals surface area (Å²) >= 11 is 0. The lowest BCUT2D eigenvalue weighted by atomic mass is 9.80. The molecule has 1 aliphatic carbocycles. The van der Waals surface area contributed by atoms with Crippen LogP contribution in [0.1, 0.15) is 54.4 Å². The van der Waals surface area contributed by atoms with Crippen molar-refractivity contribution in [3.05, 3.63) is 22.8 Å². The average molecular weight is 273 g/mol. The number of rotatable bonds is 3. The van der Waals surface area contributed by atoms with Gasteiger partial charge in [-0.3, -0.25) is 0 Å². The monoisotopic (exact) mass is 273 g/mol.